The van der Waals surface area contributed by atoms with Crippen molar-refractivity contribution >= 4 is 29.1 Å². The minimum Gasteiger partial charge on any atom is -0.401 e. The third-order valence-corrected chi connectivity index (χ3v) is 5.86. The van der Waals surface area contributed by atoms with Crippen molar-refractivity contribution in [2.75, 3.05) is 5.75 Å². The van der Waals surface area contributed by atoms with Gasteiger partial charge in [0.1, 0.15) is 11.6 Å². The standard InChI is InChI=1S/C19H20ClN5OS/c1-12(22)15(10-21)17(26)11-27-19-24-23-18(14-8-4-5-9-16(14)20)25(19)13-6-2-3-7-13/h4-5,8-9,13H,2-3,6-7,11,22H2,1H3/b15-12+. The molecule has 2 N–H and O–H groups in total. The molecule has 1 heterocycles. The van der Waals surface area contributed by atoms with Gasteiger partial charge in [-0.05, 0) is 31.9 Å². The van der Waals surface area contributed by atoms with Gasteiger partial charge in [0.25, 0.3) is 0 Å². The third kappa shape index (κ3) is 4.18. The molecule has 1 aromatic heterocycles. The molecule has 1 saturated carbocycles. The van der Waals surface area contributed by atoms with Crippen LogP contribution in [0, 0.1) is 11.3 Å². The predicted molar refractivity (Wildman–Crippen MR) is 106 cm³/mol. The molecule has 0 atom stereocenters. The summed E-state index contributed by atoms with van der Waals surface area (Å²) in [7, 11) is 0. The first-order valence-electron chi connectivity index (χ1n) is 8.75. The molecule has 6 nitrogen and oxygen atoms in total. The Hall–Kier alpha value is -2.30. The lowest BCUT2D eigenvalue weighted by Crippen LogP contribution is -2.12. The number of benzene rings is 1. The lowest BCUT2D eigenvalue weighted by Gasteiger charge is -2.17. The first-order chi connectivity index (χ1) is 13.0. The number of nitrogens with two attached hydrogens (primary N) is 1. The number of carbonyl (C=O) groups excluding carboxylic acids is 1. The van der Waals surface area contributed by atoms with E-state index >= 15 is 0 Å². The quantitative estimate of drug-likeness (QED) is 0.444. The number of hydrogen-bond donors (Lipinski definition) is 1. The monoisotopic (exact) mass is 401 g/mol. The van der Waals surface area contributed by atoms with E-state index in [1.165, 1.54) is 11.8 Å². The van der Waals surface area contributed by atoms with Gasteiger partial charge in [0.15, 0.2) is 16.8 Å². The van der Waals surface area contributed by atoms with E-state index in [2.05, 4.69) is 14.8 Å². The zero-order chi connectivity index (χ0) is 19.4. The summed E-state index contributed by atoms with van der Waals surface area (Å²) in [5.41, 5.74) is 6.68. The normalized spacial score (nSPS) is 15.4. The number of allylic oxidation sites excluding steroid dienone is 2. The molecule has 140 valence electrons. The van der Waals surface area contributed by atoms with E-state index < -0.39 is 0 Å². The van der Waals surface area contributed by atoms with Gasteiger partial charge in [-0.3, -0.25) is 9.36 Å². The molecule has 1 fully saturated rings. The molecular weight excluding hydrogens is 382 g/mol. The van der Waals surface area contributed by atoms with E-state index in [1.54, 1.807) is 6.92 Å². The number of rotatable bonds is 6. The second kappa shape index (κ2) is 8.59. The molecule has 0 aliphatic heterocycles. The van der Waals surface area contributed by atoms with Gasteiger partial charge in [0, 0.05) is 17.3 Å². The van der Waals surface area contributed by atoms with Gasteiger partial charge >= 0.3 is 0 Å². The fourth-order valence-corrected chi connectivity index (χ4v) is 4.36. The summed E-state index contributed by atoms with van der Waals surface area (Å²) in [5, 5.41) is 19.1. The summed E-state index contributed by atoms with van der Waals surface area (Å²) in [6.45, 7) is 1.55. The van der Waals surface area contributed by atoms with Crippen molar-refractivity contribution in [2.45, 2.75) is 43.8 Å². The van der Waals surface area contributed by atoms with Crippen LogP contribution in [-0.2, 0) is 4.79 Å². The van der Waals surface area contributed by atoms with Crippen molar-refractivity contribution in [3.8, 4) is 17.5 Å². The molecule has 0 radical (unpaired) electrons. The van der Waals surface area contributed by atoms with E-state index in [4.69, 9.17) is 22.6 Å². The van der Waals surface area contributed by atoms with Crippen LogP contribution in [0.1, 0.15) is 38.6 Å². The third-order valence-electron chi connectivity index (χ3n) is 4.59. The lowest BCUT2D eigenvalue weighted by molar-refractivity contribution is -0.112. The summed E-state index contributed by atoms with van der Waals surface area (Å²) in [6.07, 6.45) is 4.40. The highest BCUT2D eigenvalue weighted by Gasteiger charge is 2.26. The van der Waals surface area contributed by atoms with Gasteiger partial charge in [-0.2, -0.15) is 5.26 Å². The van der Waals surface area contributed by atoms with Gasteiger partial charge in [0.2, 0.25) is 0 Å². The number of Topliss-reactive ketones (excluding diaryl/α,β-unsaturated/α-hetero) is 1. The smallest absolute Gasteiger partial charge is 0.192 e. The van der Waals surface area contributed by atoms with Gasteiger partial charge < -0.3 is 5.73 Å². The van der Waals surface area contributed by atoms with Crippen molar-refractivity contribution < 1.29 is 4.79 Å². The minimum atomic E-state index is -0.303. The van der Waals surface area contributed by atoms with Crippen LogP contribution in [0.25, 0.3) is 11.4 Å². The molecule has 0 spiro atoms. The highest BCUT2D eigenvalue weighted by Crippen LogP contribution is 2.38. The molecule has 2 aromatic rings. The Morgan fingerprint density at radius 1 is 1.37 bits per heavy atom. The Morgan fingerprint density at radius 3 is 2.70 bits per heavy atom. The fraction of sp³-hybridized carbons (Fsp3) is 0.368. The predicted octanol–water partition coefficient (Wildman–Crippen LogP) is 4.13. The average molecular weight is 402 g/mol. The lowest BCUT2D eigenvalue weighted by atomic mass is 10.2. The van der Waals surface area contributed by atoms with Crippen LogP contribution in [0.5, 0.6) is 0 Å². The Labute approximate surface area is 167 Å². The SMILES string of the molecule is C/C(N)=C(/C#N)C(=O)CSc1nnc(-c2ccccc2Cl)n1C1CCCC1. The number of hydrogen-bond acceptors (Lipinski definition) is 6. The Balaban J connectivity index is 1.92. The topological polar surface area (TPSA) is 97.6 Å². The van der Waals surface area contributed by atoms with E-state index in [0.29, 0.717) is 16.0 Å². The number of halogens is 1. The number of nitrogens with zero attached hydrogens (tertiary/aromatic N) is 4. The maximum absolute atomic E-state index is 12.3. The van der Waals surface area contributed by atoms with E-state index in [0.717, 1.165) is 31.2 Å². The van der Waals surface area contributed by atoms with E-state index in [1.807, 2.05) is 30.3 Å². The van der Waals surface area contributed by atoms with Crippen molar-refractivity contribution in [2.24, 2.45) is 5.73 Å². The van der Waals surface area contributed by atoms with Crippen molar-refractivity contribution in [1.29, 1.82) is 5.26 Å². The molecule has 8 heteroatoms. The zero-order valence-corrected chi connectivity index (χ0v) is 16.6. The average Bonchev–Trinajstić information content (AvgIpc) is 3.30. The highest BCUT2D eigenvalue weighted by molar-refractivity contribution is 7.99. The Kier molecular flexibility index (Phi) is 6.19. The zero-order valence-electron chi connectivity index (χ0n) is 15.0. The summed E-state index contributed by atoms with van der Waals surface area (Å²) in [6, 6.07) is 9.70. The second-order valence-electron chi connectivity index (χ2n) is 6.48. The van der Waals surface area contributed by atoms with Crippen molar-refractivity contribution in [1.82, 2.24) is 14.8 Å². The van der Waals surface area contributed by atoms with Gasteiger partial charge in [0.05, 0.1) is 10.8 Å². The molecule has 1 aliphatic rings. The molecule has 27 heavy (non-hydrogen) atoms. The van der Waals surface area contributed by atoms with Crippen molar-refractivity contribution in [3.63, 3.8) is 0 Å². The van der Waals surface area contributed by atoms with Crippen molar-refractivity contribution in [3.05, 3.63) is 40.6 Å². The van der Waals surface area contributed by atoms with Crippen LogP contribution in [0.2, 0.25) is 5.02 Å². The summed E-state index contributed by atoms with van der Waals surface area (Å²) < 4.78 is 2.09. The molecular formula is C19H20ClN5OS. The van der Waals surface area contributed by atoms with Crippen LogP contribution in [0.15, 0.2) is 40.7 Å². The maximum Gasteiger partial charge on any atom is 0.192 e. The Morgan fingerprint density at radius 2 is 2.07 bits per heavy atom. The molecule has 1 aliphatic carbocycles. The number of ketones is 1. The first kappa shape index (κ1) is 19.5. The van der Waals surface area contributed by atoms with Gasteiger partial charge in [-0.25, -0.2) is 0 Å². The number of nitriles is 1. The second-order valence-corrected chi connectivity index (χ2v) is 7.83. The fourth-order valence-electron chi connectivity index (χ4n) is 3.27. The molecule has 0 amide bonds. The summed E-state index contributed by atoms with van der Waals surface area (Å²) in [4.78, 5) is 12.3. The van der Waals surface area contributed by atoms with Crippen LogP contribution >= 0.6 is 23.4 Å². The van der Waals surface area contributed by atoms with Crippen LogP contribution in [0.3, 0.4) is 0 Å². The number of thioether (sulfide) groups is 1. The first-order valence-corrected chi connectivity index (χ1v) is 10.1. The molecule has 0 bridgehead atoms. The minimum absolute atomic E-state index is 0.000703. The van der Waals surface area contributed by atoms with Gasteiger partial charge in [-0.15, -0.1) is 10.2 Å². The van der Waals surface area contributed by atoms with Crippen LogP contribution in [0.4, 0.5) is 0 Å². The summed E-state index contributed by atoms with van der Waals surface area (Å²) in [5.74, 6) is 0.501. The molecule has 3 rings (SSSR count). The number of aromatic nitrogens is 3. The molecule has 0 unspecified atom stereocenters. The van der Waals surface area contributed by atoms with Gasteiger partial charge in [-0.1, -0.05) is 48.3 Å². The van der Waals surface area contributed by atoms with E-state index in [-0.39, 0.29) is 28.8 Å². The maximum atomic E-state index is 12.3. The molecule has 0 saturated heterocycles. The Bertz CT molecular complexity index is 920. The van der Waals surface area contributed by atoms with E-state index in [9.17, 15) is 4.79 Å². The van der Waals surface area contributed by atoms with Crippen LogP contribution < -0.4 is 5.73 Å². The molecule has 1 aromatic carbocycles. The highest BCUT2D eigenvalue weighted by atomic mass is 35.5. The largest absolute Gasteiger partial charge is 0.401 e. The van der Waals surface area contributed by atoms with Crippen LogP contribution in [-0.4, -0.2) is 26.3 Å². The number of carbonyl (C=O) groups is 1. The summed E-state index contributed by atoms with van der Waals surface area (Å²) >= 11 is 7.65.